The van der Waals surface area contributed by atoms with Gasteiger partial charge in [0.1, 0.15) is 35.6 Å². The van der Waals surface area contributed by atoms with Gasteiger partial charge in [-0.15, -0.1) is 0 Å². The summed E-state index contributed by atoms with van der Waals surface area (Å²) in [6.07, 6.45) is -0.813. The van der Waals surface area contributed by atoms with Gasteiger partial charge in [0.2, 0.25) is 0 Å². The van der Waals surface area contributed by atoms with Crippen LogP contribution in [0.25, 0.3) is 21.7 Å². The average molecular weight is 420 g/mol. The first-order valence-electron chi connectivity index (χ1n) is 9.34. The van der Waals surface area contributed by atoms with E-state index >= 15 is 0 Å². The summed E-state index contributed by atoms with van der Waals surface area (Å²) in [5.74, 6) is -2.42. The Morgan fingerprint density at radius 1 is 1.23 bits per heavy atom. The van der Waals surface area contributed by atoms with Crippen LogP contribution in [-0.2, 0) is 9.53 Å². The Kier molecular flexibility index (Phi) is 6.86. The number of aromatic nitrogens is 2. The monoisotopic (exact) mass is 420 g/mol. The number of carboxylic acids is 1. The van der Waals surface area contributed by atoms with Crippen LogP contribution in [0.2, 0.25) is 0 Å². The predicted octanol–water partition coefficient (Wildman–Crippen LogP) is -2.88. The van der Waals surface area contributed by atoms with Crippen LogP contribution in [0.1, 0.15) is 13.0 Å². The van der Waals surface area contributed by atoms with Crippen molar-refractivity contribution >= 4 is 27.6 Å². The number of carbonyl (C=O) groups excluding carboxylic acids is 1. The Balaban J connectivity index is 0.00000256. The van der Waals surface area contributed by atoms with Crippen LogP contribution < -0.4 is 34.7 Å². The van der Waals surface area contributed by atoms with Crippen LogP contribution in [0.15, 0.2) is 54.4 Å². The van der Waals surface area contributed by atoms with Crippen LogP contribution in [0.3, 0.4) is 0 Å². The Bertz CT molecular complexity index is 1100. The van der Waals surface area contributed by atoms with Crippen molar-refractivity contribution in [3.63, 3.8) is 0 Å². The molecule has 1 aliphatic rings. The summed E-state index contributed by atoms with van der Waals surface area (Å²) in [4.78, 5) is 11.5. The molecule has 4 rings (SSSR count). The van der Waals surface area contributed by atoms with Gasteiger partial charge in [-0.1, -0.05) is 43.3 Å². The maximum absolute atomic E-state index is 11.5. The largest absolute Gasteiger partial charge is 1.00 e. The van der Waals surface area contributed by atoms with Gasteiger partial charge in [-0.2, -0.15) is 5.10 Å². The smallest absolute Gasteiger partial charge is 0.542 e. The molecule has 152 valence electrons. The normalized spacial score (nSPS) is 23.3. The third kappa shape index (κ3) is 3.99. The number of benzene rings is 2. The molecule has 0 aliphatic carbocycles. The number of aliphatic hydroxyl groups excluding tert-OH is 3. The fourth-order valence-electron chi connectivity index (χ4n) is 3.86. The summed E-state index contributed by atoms with van der Waals surface area (Å²) in [6, 6.07) is 11.2. The van der Waals surface area contributed by atoms with Crippen molar-refractivity contribution < 1.29 is 59.5 Å². The number of hydrogen-bond donors (Lipinski definition) is 3. The predicted molar refractivity (Wildman–Crippen MR) is 103 cm³/mol. The van der Waals surface area contributed by atoms with E-state index in [1.54, 1.807) is 11.6 Å². The summed E-state index contributed by atoms with van der Waals surface area (Å²) >= 11 is 0. The van der Waals surface area contributed by atoms with Crippen LogP contribution in [-0.4, -0.2) is 56.0 Å². The number of nitrogens with zero attached hydrogens (tertiary/aromatic N) is 2. The first-order chi connectivity index (χ1) is 13.9. The zero-order valence-electron chi connectivity index (χ0n) is 16.7. The topological polar surface area (TPSA) is 128 Å². The minimum Gasteiger partial charge on any atom is -0.542 e. The number of aliphatic hydroxyl groups is 3. The van der Waals surface area contributed by atoms with Crippen LogP contribution in [0.4, 0.5) is 0 Å². The Morgan fingerprint density at radius 3 is 2.63 bits per heavy atom. The summed E-state index contributed by atoms with van der Waals surface area (Å²) < 4.78 is 7.01. The van der Waals surface area contributed by atoms with Gasteiger partial charge in [0.15, 0.2) is 0 Å². The van der Waals surface area contributed by atoms with Crippen LogP contribution in [0.5, 0.6) is 0 Å². The molecule has 0 spiro atoms. The first kappa shape index (κ1) is 22.7. The van der Waals surface area contributed by atoms with Crippen LogP contribution >= 0.6 is 0 Å². The van der Waals surface area contributed by atoms with Crippen molar-refractivity contribution in [3.05, 3.63) is 54.4 Å². The molecular formula is C21H21N2NaO6. The number of aliphatic carboxylic acids is 1. The summed E-state index contributed by atoms with van der Waals surface area (Å²) in [6.45, 7) is 1.08. The van der Waals surface area contributed by atoms with E-state index in [2.05, 4.69) is 5.10 Å². The fraction of sp³-hybridized carbons (Fsp3) is 0.333. The third-order valence-electron chi connectivity index (χ3n) is 5.49. The van der Waals surface area contributed by atoms with Gasteiger partial charge in [-0.3, -0.25) is 4.68 Å². The molecular weight excluding hydrogens is 399 g/mol. The second-order valence-corrected chi connectivity index (χ2v) is 7.32. The standard InChI is InChI=1S/C21H22N2O6.Na/c1-11-15(8-17(21(27)28)29-20(11)19(26)16(25)10-24)23-9-13-7-6-12-4-2-3-5-14(12)18(13)22-23;/h2-9,11,15-16,19-20,24-26H,10H2,1H3,(H,27,28);/q;+1/p-1/t11-,15+,16-,19-,20-;/m1./s1. The Labute approximate surface area is 194 Å². The fourth-order valence-corrected chi connectivity index (χ4v) is 3.86. The van der Waals surface area contributed by atoms with Crippen molar-refractivity contribution in [2.75, 3.05) is 6.61 Å². The van der Waals surface area contributed by atoms with Gasteiger partial charge in [-0.05, 0) is 11.5 Å². The number of fused-ring (bicyclic) bond motifs is 3. The Morgan fingerprint density at radius 2 is 1.93 bits per heavy atom. The number of carboxylic acid groups (broad SMARTS) is 1. The van der Waals surface area contributed by atoms with Crippen molar-refractivity contribution in [1.29, 1.82) is 0 Å². The molecule has 1 aliphatic heterocycles. The minimum absolute atomic E-state index is 0. The molecule has 30 heavy (non-hydrogen) atoms. The number of hydrogen-bond acceptors (Lipinski definition) is 7. The number of carbonyl (C=O) groups is 1. The second kappa shape index (κ2) is 9.05. The van der Waals surface area contributed by atoms with Crippen LogP contribution in [0, 0.1) is 5.92 Å². The van der Waals surface area contributed by atoms with E-state index in [4.69, 9.17) is 9.84 Å². The van der Waals surface area contributed by atoms with Crippen molar-refractivity contribution in [2.45, 2.75) is 31.3 Å². The molecule has 3 N–H and O–H groups in total. The van der Waals surface area contributed by atoms with Crippen molar-refractivity contribution in [2.24, 2.45) is 5.92 Å². The van der Waals surface area contributed by atoms with Crippen molar-refractivity contribution in [1.82, 2.24) is 9.78 Å². The molecule has 0 amide bonds. The van der Waals surface area contributed by atoms with Gasteiger partial charge >= 0.3 is 29.6 Å². The summed E-state index contributed by atoms with van der Waals surface area (Å²) in [7, 11) is 0. The molecule has 0 unspecified atom stereocenters. The minimum atomic E-state index is -1.53. The molecule has 3 aromatic rings. The van der Waals surface area contributed by atoms with Gasteiger partial charge in [0, 0.05) is 22.9 Å². The Hall–Kier alpha value is -1.94. The maximum Gasteiger partial charge on any atom is 1.00 e. The molecule has 0 saturated heterocycles. The molecule has 0 saturated carbocycles. The van der Waals surface area contributed by atoms with E-state index in [1.165, 1.54) is 6.08 Å². The number of rotatable bonds is 5. The number of allylic oxidation sites excluding steroid dienone is 1. The average Bonchev–Trinajstić information content (AvgIpc) is 3.17. The van der Waals surface area contributed by atoms with E-state index in [1.807, 2.05) is 42.6 Å². The molecule has 0 fully saturated rings. The first-order valence-corrected chi connectivity index (χ1v) is 9.34. The van der Waals surface area contributed by atoms with Gasteiger partial charge < -0.3 is 30.0 Å². The van der Waals surface area contributed by atoms with E-state index < -0.39 is 48.6 Å². The number of ether oxygens (including phenoxy) is 1. The molecule has 0 radical (unpaired) electrons. The molecule has 8 nitrogen and oxygen atoms in total. The summed E-state index contributed by atoms with van der Waals surface area (Å²) in [5, 5.41) is 48.4. The zero-order valence-corrected chi connectivity index (χ0v) is 18.7. The third-order valence-corrected chi connectivity index (χ3v) is 5.49. The molecule has 9 heteroatoms. The maximum atomic E-state index is 11.5. The quantitative estimate of drug-likeness (QED) is 0.378. The van der Waals surface area contributed by atoms with E-state index in [0.29, 0.717) is 0 Å². The molecule has 2 aromatic carbocycles. The van der Waals surface area contributed by atoms with Crippen molar-refractivity contribution in [3.8, 4) is 0 Å². The van der Waals surface area contributed by atoms with Gasteiger partial charge in [0.25, 0.3) is 0 Å². The van der Waals surface area contributed by atoms with E-state index in [-0.39, 0.29) is 29.6 Å². The molecule has 2 heterocycles. The zero-order chi connectivity index (χ0) is 20.7. The van der Waals surface area contributed by atoms with E-state index in [9.17, 15) is 20.1 Å². The molecule has 5 atom stereocenters. The molecule has 1 aromatic heterocycles. The summed E-state index contributed by atoms with van der Waals surface area (Å²) in [5.41, 5.74) is 0.776. The van der Waals surface area contributed by atoms with Gasteiger partial charge in [0.05, 0.1) is 12.6 Å². The molecule has 0 bridgehead atoms. The SMILES string of the molecule is C[C@H]1[C@H]([C@H](O)[C@H](O)CO)OC(C(=O)[O-])=C[C@@H]1n1cc2ccc3ccccc3c2n1.[Na+]. The van der Waals surface area contributed by atoms with Gasteiger partial charge in [-0.25, -0.2) is 0 Å². The second-order valence-electron chi connectivity index (χ2n) is 7.32. The van der Waals surface area contributed by atoms with E-state index in [0.717, 1.165) is 21.7 Å².